The molecule has 0 N–H and O–H groups in total. The van der Waals surface area contributed by atoms with Gasteiger partial charge in [0.25, 0.3) is 5.89 Å². The molecular formula is C11H5N3OS2. The number of aromatic nitrogens is 2. The zero-order valence-corrected chi connectivity index (χ0v) is 10.1. The Hall–Kier alpha value is -1.88. The molecule has 3 rings (SSSR count). The van der Waals surface area contributed by atoms with Crippen LogP contribution < -0.4 is 0 Å². The fourth-order valence-corrected chi connectivity index (χ4v) is 2.45. The van der Waals surface area contributed by atoms with Gasteiger partial charge in [0.2, 0.25) is 0 Å². The van der Waals surface area contributed by atoms with Gasteiger partial charge in [0, 0.05) is 0 Å². The Labute approximate surface area is 106 Å². The molecule has 0 amide bonds. The van der Waals surface area contributed by atoms with Crippen molar-refractivity contribution >= 4 is 44.6 Å². The lowest BCUT2D eigenvalue weighted by Gasteiger charge is -1.89. The number of thiocarbonyl (C=S) groups is 1. The minimum atomic E-state index is 0.533. The largest absolute Gasteiger partial charge is 0.443 e. The van der Waals surface area contributed by atoms with Gasteiger partial charge in [0.1, 0.15) is 6.26 Å². The highest BCUT2D eigenvalue weighted by Crippen LogP contribution is 2.31. The lowest BCUT2D eigenvalue weighted by Crippen LogP contribution is -1.73. The number of hydrogen-bond acceptors (Lipinski definition) is 6. The summed E-state index contributed by atoms with van der Waals surface area (Å²) in [5.41, 5.74) is 1.60. The Bertz CT molecular complexity index is 711. The molecule has 0 spiro atoms. The Morgan fingerprint density at radius 1 is 1.41 bits per heavy atom. The van der Waals surface area contributed by atoms with E-state index in [1.807, 2.05) is 18.2 Å². The summed E-state index contributed by atoms with van der Waals surface area (Å²) < 4.78 is 6.27. The molecule has 0 bridgehead atoms. The van der Waals surface area contributed by atoms with E-state index in [0.717, 1.165) is 20.9 Å². The molecule has 0 fully saturated rings. The van der Waals surface area contributed by atoms with Crippen LogP contribution in [0.2, 0.25) is 0 Å². The summed E-state index contributed by atoms with van der Waals surface area (Å²) in [6.07, 6.45) is 3.13. The molecule has 0 aliphatic rings. The minimum absolute atomic E-state index is 0.533. The predicted molar refractivity (Wildman–Crippen MR) is 69.8 cm³/mol. The highest BCUT2D eigenvalue weighted by Gasteiger charge is 2.09. The van der Waals surface area contributed by atoms with Gasteiger partial charge in [-0.2, -0.15) is 4.99 Å². The van der Waals surface area contributed by atoms with Crippen molar-refractivity contribution in [1.82, 2.24) is 9.97 Å². The summed E-state index contributed by atoms with van der Waals surface area (Å²) in [5, 5.41) is 3.09. The third-order valence-electron chi connectivity index (χ3n) is 2.16. The lowest BCUT2D eigenvalue weighted by molar-refractivity contribution is 0.574. The van der Waals surface area contributed by atoms with Crippen molar-refractivity contribution in [1.29, 1.82) is 0 Å². The number of benzene rings is 1. The van der Waals surface area contributed by atoms with Crippen molar-refractivity contribution in [3.8, 4) is 10.9 Å². The second-order valence-corrected chi connectivity index (χ2v) is 4.42. The van der Waals surface area contributed by atoms with E-state index >= 15 is 0 Å². The van der Waals surface area contributed by atoms with E-state index in [2.05, 4.69) is 32.3 Å². The van der Waals surface area contributed by atoms with Gasteiger partial charge < -0.3 is 4.42 Å². The summed E-state index contributed by atoms with van der Waals surface area (Å²) in [5.74, 6) is 0.533. The molecular weight excluding hydrogens is 254 g/mol. The number of thiazole rings is 1. The molecule has 2 heterocycles. The van der Waals surface area contributed by atoms with Gasteiger partial charge >= 0.3 is 0 Å². The van der Waals surface area contributed by atoms with E-state index in [1.165, 1.54) is 17.6 Å². The van der Waals surface area contributed by atoms with Gasteiger partial charge in [-0.25, -0.2) is 9.97 Å². The third kappa shape index (κ3) is 1.89. The van der Waals surface area contributed by atoms with E-state index in [-0.39, 0.29) is 0 Å². The van der Waals surface area contributed by atoms with Gasteiger partial charge in [-0.1, -0.05) is 0 Å². The van der Waals surface area contributed by atoms with Crippen LogP contribution in [0.15, 0.2) is 40.1 Å². The molecule has 4 nitrogen and oxygen atoms in total. The first-order valence-corrected chi connectivity index (χ1v) is 5.97. The first-order chi connectivity index (χ1) is 8.36. The van der Waals surface area contributed by atoms with Crippen LogP contribution in [0.1, 0.15) is 0 Å². The molecule has 82 valence electrons. The Morgan fingerprint density at radius 3 is 3.12 bits per heavy atom. The lowest BCUT2D eigenvalue weighted by atomic mass is 10.3. The quantitative estimate of drug-likeness (QED) is 0.520. The fraction of sp³-hybridized carbons (Fsp3) is 0. The number of fused-ring (bicyclic) bond motifs is 1. The second-order valence-electron chi connectivity index (χ2n) is 3.21. The van der Waals surface area contributed by atoms with Crippen molar-refractivity contribution in [3.63, 3.8) is 0 Å². The van der Waals surface area contributed by atoms with Crippen molar-refractivity contribution < 1.29 is 4.42 Å². The molecule has 1 aromatic carbocycles. The van der Waals surface area contributed by atoms with Gasteiger partial charge in [0.05, 0.1) is 27.3 Å². The van der Waals surface area contributed by atoms with Gasteiger partial charge in [-0.05, 0) is 30.4 Å². The van der Waals surface area contributed by atoms with Crippen LogP contribution in [0.4, 0.5) is 5.69 Å². The molecule has 0 saturated heterocycles. The maximum atomic E-state index is 5.21. The topological polar surface area (TPSA) is 51.3 Å². The molecule has 0 aliphatic carbocycles. The fourth-order valence-electron chi connectivity index (χ4n) is 1.46. The molecule has 0 saturated carbocycles. The average molecular weight is 259 g/mol. The molecule has 3 aromatic rings. The smallest absolute Gasteiger partial charge is 0.255 e. The molecule has 6 heteroatoms. The van der Waals surface area contributed by atoms with Gasteiger partial charge in [0.15, 0.2) is 5.01 Å². The Balaban J connectivity index is 2.16. The highest BCUT2D eigenvalue weighted by atomic mass is 32.1. The van der Waals surface area contributed by atoms with E-state index in [1.54, 1.807) is 6.20 Å². The average Bonchev–Trinajstić information content (AvgIpc) is 2.97. The molecule has 17 heavy (non-hydrogen) atoms. The molecule has 0 atom stereocenters. The second kappa shape index (κ2) is 4.18. The van der Waals surface area contributed by atoms with Crippen LogP contribution in [-0.4, -0.2) is 15.1 Å². The number of nitrogens with zero attached hydrogens (tertiary/aromatic N) is 3. The summed E-state index contributed by atoms with van der Waals surface area (Å²) in [7, 11) is 0. The maximum Gasteiger partial charge on any atom is 0.255 e. The summed E-state index contributed by atoms with van der Waals surface area (Å²) in [6, 6.07) is 5.68. The van der Waals surface area contributed by atoms with Crippen LogP contribution in [0.25, 0.3) is 21.1 Å². The maximum absolute atomic E-state index is 5.21. The van der Waals surface area contributed by atoms with Crippen LogP contribution in [0, 0.1) is 0 Å². The monoisotopic (exact) mass is 259 g/mol. The van der Waals surface area contributed by atoms with Crippen molar-refractivity contribution in [2.75, 3.05) is 0 Å². The SMILES string of the molecule is S=C=Nc1ccc2sc(-c3ncco3)nc2c1. The van der Waals surface area contributed by atoms with Crippen molar-refractivity contribution in [3.05, 3.63) is 30.7 Å². The van der Waals surface area contributed by atoms with Crippen molar-refractivity contribution in [2.24, 2.45) is 4.99 Å². The first kappa shape index (κ1) is 10.3. The van der Waals surface area contributed by atoms with Crippen LogP contribution in [0.3, 0.4) is 0 Å². The molecule has 2 aromatic heterocycles. The zero-order chi connectivity index (χ0) is 11.7. The van der Waals surface area contributed by atoms with Gasteiger partial charge in [-0.3, -0.25) is 0 Å². The number of isothiocyanates is 1. The third-order valence-corrected chi connectivity index (χ3v) is 3.28. The van der Waals surface area contributed by atoms with E-state index < -0.39 is 0 Å². The van der Waals surface area contributed by atoms with Crippen LogP contribution in [0.5, 0.6) is 0 Å². The number of hydrogen-bond donors (Lipinski definition) is 0. The summed E-state index contributed by atoms with van der Waals surface area (Å²) in [6.45, 7) is 0. The molecule has 0 unspecified atom stereocenters. The highest BCUT2D eigenvalue weighted by molar-refractivity contribution is 7.78. The number of rotatable bonds is 2. The predicted octanol–water partition coefficient (Wildman–Crippen LogP) is 3.69. The van der Waals surface area contributed by atoms with Gasteiger partial charge in [-0.15, -0.1) is 11.3 Å². The van der Waals surface area contributed by atoms with Crippen LogP contribution in [-0.2, 0) is 0 Å². The number of aliphatic imine (C=N–C) groups is 1. The van der Waals surface area contributed by atoms with E-state index in [9.17, 15) is 0 Å². The summed E-state index contributed by atoms with van der Waals surface area (Å²) in [4.78, 5) is 12.4. The van der Waals surface area contributed by atoms with E-state index in [4.69, 9.17) is 4.42 Å². The summed E-state index contributed by atoms with van der Waals surface area (Å²) >= 11 is 6.09. The van der Waals surface area contributed by atoms with Crippen molar-refractivity contribution in [2.45, 2.75) is 0 Å². The first-order valence-electron chi connectivity index (χ1n) is 4.75. The molecule has 0 aliphatic heterocycles. The molecule has 0 radical (unpaired) electrons. The minimum Gasteiger partial charge on any atom is -0.443 e. The van der Waals surface area contributed by atoms with Crippen LogP contribution >= 0.6 is 23.6 Å². The number of oxazole rings is 1. The standard InChI is InChI=1S/C11H5N3OS2/c16-6-13-7-1-2-9-8(5-7)14-11(17-9)10-12-3-4-15-10/h1-5H. The van der Waals surface area contributed by atoms with E-state index in [0.29, 0.717) is 5.89 Å². The Kier molecular flexibility index (Phi) is 2.53. The Morgan fingerprint density at radius 2 is 2.35 bits per heavy atom. The normalized spacial score (nSPS) is 10.4. The zero-order valence-electron chi connectivity index (χ0n) is 8.45.